The van der Waals surface area contributed by atoms with Crippen LogP contribution in [0.5, 0.6) is 0 Å². The summed E-state index contributed by atoms with van der Waals surface area (Å²) in [6.07, 6.45) is -4.53. The maximum atomic E-state index is 12.0. The second-order valence-corrected chi connectivity index (χ2v) is 2.38. The molecule has 8 heteroatoms. The van der Waals surface area contributed by atoms with Crippen LogP contribution in [0.15, 0.2) is 15.3 Å². The lowest BCUT2D eigenvalue weighted by molar-refractivity contribution is -0.0601. The van der Waals surface area contributed by atoms with Gasteiger partial charge in [0, 0.05) is 13.8 Å². The van der Waals surface area contributed by atoms with Gasteiger partial charge in [0.1, 0.15) is 11.8 Å². The van der Waals surface area contributed by atoms with Gasteiger partial charge in [-0.2, -0.15) is 28.6 Å². The summed E-state index contributed by atoms with van der Waals surface area (Å²) >= 11 is 0. The highest BCUT2D eigenvalue weighted by Gasteiger charge is 2.32. The largest absolute Gasteiger partial charge is 0.430 e. The summed E-state index contributed by atoms with van der Waals surface area (Å²) in [5, 5.41) is 18.5. The third kappa shape index (κ3) is 4.21. The van der Waals surface area contributed by atoms with E-state index in [1.807, 2.05) is 0 Å². The average Bonchev–Trinajstić information content (AvgIpc) is 2.12. The van der Waals surface area contributed by atoms with Gasteiger partial charge in [-0.15, -0.1) is 5.10 Å². The molecule has 0 atom stereocenters. The first-order chi connectivity index (χ1) is 6.82. The summed E-state index contributed by atoms with van der Waals surface area (Å²) in [7, 11) is 1.16. The number of alkyl halides is 3. The summed E-state index contributed by atoms with van der Waals surface area (Å²) < 4.78 is 36.1. The van der Waals surface area contributed by atoms with E-state index < -0.39 is 11.9 Å². The minimum absolute atomic E-state index is 0.381. The molecule has 0 amide bonds. The van der Waals surface area contributed by atoms with Crippen molar-refractivity contribution in [2.24, 2.45) is 15.3 Å². The van der Waals surface area contributed by atoms with Crippen LogP contribution in [0, 0.1) is 11.3 Å². The highest BCUT2D eigenvalue weighted by atomic mass is 19.4. The van der Waals surface area contributed by atoms with Gasteiger partial charge in [0.2, 0.25) is 5.84 Å². The Morgan fingerprint density at radius 2 is 2.00 bits per heavy atom. The van der Waals surface area contributed by atoms with Crippen LogP contribution in [-0.2, 0) is 0 Å². The number of nitrogens with zero attached hydrogens (tertiary/aromatic N) is 5. The van der Waals surface area contributed by atoms with E-state index in [1.165, 1.54) is 6.07 Å². The Morgan fingerprint density at radius 1 is 1.47 bits per heavy atom. The van der Waals surface area contributed by atoms with Gasteiger partial charge in [-0.1, -0.05) is 0 Å². The lowest BCUT2D eigenvalue weighted by Crippen LogP contribution is -2.27. The van der Waals surface area contributed by atoms with Gasteiger partial charge in [0.15, 0.2) is 0 Å². The Hall–Kier alpha value is -1.91. The summed E-state index contributed by atoms with van der Waals surface area (Å²) in [4.78, 5) is 0. The SMILES string of the molecule is C=N/N=C(/C#N)N(C)/N=C(\C)C(F)(F)F. The number of rotatable bonds is 2. The molecule has 0 spiro atoms. The van der Waals surface area contributed by atoms with Crippen molar-refractivity contribution < 1.29 is 13.2 Å². The first kappa shape index (κ1) is 13.1. The van der Waals surface area contributed by atoms with Crippen LogP contribution < -0.4 is 0 Å². The fourth-order valence-corrected chi connectivity index (χ4v) is 0.555. The Morgan fingerprint density at radius 3 is 2.33 bits per heavy atom. The van der Waals surface area contributed by atoms with E-state index >= 15 is 0 Å². The molecule has 0 saturated heterocycles. The number of hydrazone groups is 1. The molecule has 0 heterocycles. The molecule has 0 aliphatic rings. The van der Waals surface area contributed by atoms with Crippen molar-refractivity contribution in [2.75, 3.05) is 7.05 Å². The van der Waals surface area contributed by atoms with Gasteiger partial charge in [-0.25, -0.2) is 5.01 Å². The van der Waals surface area contributed by atoms with Crippen LogP contribution in [0.4, 0.5) is 13.2 Å². The minimum atomic E-state index is -4.53. The zero-order chi connectivity index (χ0) is 12.1. The topological polar surface area (TPSA) is 64.1 Å². The summed E-state index contributed by atoms with van der Waals surface area (Å²) in [5.41, 5.74) is -1.09. The molecule has 0 bridgehead atoms. The van der Waals surface area contributed by atoms with Crippen LogP contribution in [0.3, 0.4) is 0 Å². The van der Waals surface area contributed by atoms with Crippen molar-refractivity contribution in [1.29, 1.82) is 5.26 Å². The van der Waals surface area contributed by atoms with Gasteiger partial charge in [-0.3, -0.25) is 0 Å². The molecular weight excluding hydrogens is 211 g/mol. The Balaban J connectivity index is 4.91. The Bertz CT molecular complexity index is 336. The van der Waals surface area contributed by atoms with Crippen LogP contribution in [0.25, 0.3) is 0 Å². The fourth-order valence-electron chi connectivity index (χ4n) is 0.555. The van der Waals surface area contributed by atoms with Crippen molar-refractivity contribution in [3.05, 3.63) is 0 Å². The molecule has 0 aliphatic carbocycles. The van der Waals surface area contributed by atoms with Gasteiger partial charge >= 0.3 is 6.18 Å². The number of hydrogen-bond acceptors (Lipinski definition) is 4. The number of hydrogen-bond donors (Lipinski definition) is 0. The molecule has 0 radical (unpaired) electrons. The van der Waals surface area contributed by atoms with Gasteiger partial charge in [0.05, 0.1) is 0 Å². The van der Waals surface area contributed by atoms with Crippen molar-refractivity contribution in [2.45, 2.75) is 13.1 Å². The zero-order valence-electron chi connectivity index (χ0n) is 8.08. The first-order valence-electron chi connectivity index (χ1n) is 3.62. The number of amidine groups is 1. The summed E-state index contributed by atoms with van der Waals surface area (Å²) in [6.45, 7) is 3.76. The number of halogens is 3. The van der Waals surface area contributed by atoms with Gasteiger partial charge in [-0.05, 0) is 6.92 Å². The van der Waals surface area contributed by atoms with Crippen LogP contribution in [0.2, 0.25) is 0 Å². The summed E-state index contributed by atoms with van der Waals surface area (Å²) in [6, 6.07) is 1.53. The smallest absolute Gasteiger partial charge is 0.240 e. The lowest BCUT2D eigenvalue weighted by atomic mass is 10.4. The Labute approximate surface area is 84.2 Å². The maximum absolute atomic E-state index is 12.0. The van der Waals surface area contributed by atoms with E-state index in [9.17, 15) is 13.2 Å². The molecule has 0 saturated carbocycles. The third-order valence-electron chi connectivity index (χ3n) is 1.28. The molecule has 0 rings (SSSR count). The van der Waals surface area contributed by atoms with Crippen LogP contribution in [0.1, 0.15) is 6.92 Å². The third-order valence-corrected chi connectivity index (χ3v) is 1.28. The average molecular weight is 219 g/mol. The quantitative estimate of drug-likeness (QED) is 0.400. The van der Waals surface area contributed by atoms with E-state index in [2.05, 4.69) is 22.0 Å². The van der Waals surface area contributed by atoms with Crippen molar-refractivity contribution >= 4 is 18.3 Å². The van der Waals surface area contributed by atoms with E-state index in [4.69, 9.17) is 5.26 Å². The maximum Gasteiger partial charge on any atom is 0.430 e. The predicted molar refractivity (Wildman–Crippen MR) is 49.5 cm³/mol. The standard InChI is InChI=1S/C7H8F3N5/c1-5(7(8,9)10)14-15(3)6(4-11)13-12-2/h2H2,1,3H3/b13-6-,14-5+. The second-order valence-electron chi connectivity index (χ2n) is 2.38. The van der Waals surface area contributed by atoms with E-state index in [-0.39, 0.29) is 5.84 Å². The second kappa shape index (κ2) is 5.09. The minimum Gasteiger partial charge on any atom is -0.240 e. The molecule has 0 N–H and O–H groups in total. The molecule has 0 aromatic heterocycles. The van der Waals surface area contributed by atoms with E-state index in [0.717, 1.165) is 14.0 Å². The van der Waals surface area contributed by atoms with Crippen molar-refractivity contribution in [3.8, 4) is 6.07 Å². The zero-order valence-corrected chi connectivity index (χ0v) is 8.08. The molecule has 0 unspecified atom stereocenters. The van der Waals surface area contributed by atoms with E-state index in [0.29, 0.717) is 5.01 Å². The van der Waals surface area contributed by atoms with Gasteiger partial charge in [0.25, 0.3) is 0 Å². The van der Waals surface area contributed by atoms with Crippen LogP contribution >= 0.6 is 0 Å². The molecule has 82 valence electrons. The highest BCUT2D eigenvalue weighted by Crippen LogP contribution is 2.17. The monoisotopic (exact) mass is 219 g/mol. The number of nitriles is 1. The van der Waals surface area contributed by atoms with Crippen molar-refractivity contribution in [3.63, 3.8) is 0 Å². The molecule has 5 nitrogen and oxygen atoms in total. The predicted octanol–water partition coefficient (Wildman–Crippen LogP) is 1.39. The normalized spacial score (nSPS) is 13.3. The van der Waals surface area contributed by atoms with E-state index in [1.54, 1.807) is 0 Å². The van der Waals surface area contributed by atoms with Crippen molar-refractivity contribution in [1.82, 2.24) is 5.01 Å². The molecule has 15 heavy (non-hydrogen) atoms. The molecule has 0 fully saturated rings. The van der Waals surface area contributed by atoms with Gasteiger partial charge < -0.3 is 0 Å². The lowest BCUT2D eigenvalue weighted by Gasteiger charge is -2.12. The first-order valence-corrected chi connectivity index (χ1v) is 3.62. The molecule has 0 aromatic rings. The summed E-state index contributed by atoms with van der Waals surface area (Å²) in [5.74, 6) is -0.381. The van der Waals surface area contributed by atoms with Crippen LogP contribution in [-0.4, -0.2) is 36.5 Å². The molecule has 0 aromatic carbocycles. The molecule has 0 aliphatic heterocycles. The highest BCUT2D eigenvalue weighted by molar-refractivity contribution is 5.97. The fraction of sp³-hybridized carbons (Fsp3) is 0.429. The molecular formula is C7H8F3N5. The Kier molecular flexibility index (Phi) is 4.44.